The molecule has 1 spiro atoms. The lowest BCUT2D eigenvalue weighted by molar-refractivity contribution is -0.153. The van der Waals surface area contributed by atoms with Gasteiger partial charge >= 0.3 is 5.97 Å². The Morgan fingerprint density at radius 3 is 2.40 bits per heavy atom. The molecule has 3 atom stereocenters. The van der Waals surface area contributed by atoms with Crippen molar-refractivity contribution in [3.8, 4) is 0 Å². The Morgan fingerprint density at radius 1 is 1.30 bits per heavy atom. The van der Waals surface area contributed by atoms with Crippen LogP contribution in [-0.4, -0.2) is 73.2 Å². The van der Waals surface area contributed by atoms with E-state index < -0.39 is 63.8 Å². The minimum Gasteiger partial charge on any atom is -0.478 e. The third-order valence-corrected chi connectivity index (χ3v) is 7.66. The Morgan fingerprint density at radius 2 is 1.90 bits per heavy atom. The van der Waals surface area contributed by atoms with E-state index >= 15 is 0 Å². The van der Waals surface area contributed by atoms with Gasteiger partial charge in [0.1, 0.15) is 23.3 Å². The van der Waals surface area contributed by atoms with E-state index in [1.165, 1.54) is 13.1 Å². The van der Waals surface area contributed by atoms with Gasteiger partial charge in [-0.25, -0.2) is 17.6 Å². The van der Waals surface area contributed by atoms with Gasteiger partial charge in [0.15, 0.2) is 5.79 Å². The van der Waals surface area contributed by atoms with Crippen LogP contribution in [0.25, 0.3) is 0 Å². The van der Waals surface area contributed by atoms with Crippen molar-refractivity contribution in [1.82, 2.24) is 0 Å². The van der Waals surface area contributed by atoms with Crippen LogP contribution < -0.4 is 4.31 Å². The fourth-order valence-corrected chi connectivity index (χ4v) is 5.72. The van der Waals surface area contributed by atoms with E-state index in [1.807, 2.05) is 0 Å². The maximum Gasteiger partial charge on any atom is 0.332 e. The molecule has 1 aliphatic carbocycles. The topological polar surface area (TPSA) is 134 Å². The Hall–Kier alpha value is -1.76. The Balaban J connectivity index is 1.97. The molecule has 3 unspecified atom stereocenters. The van der Waals surface area contributed by atoms with Crippen LogP contribution in [0, 0.1) is 5.82 Å². The van der Waals surface area contributed by atoms with E-state index in [9.17, 15) is 32.9 Å². The number of rotatable bonds is 6. The molecule has 166 valence electrons. The van der Waals surface area contributed by atoms with Crippen LogP contribution in [0.5, 0.6) is 0 Å². The molecule has 0 aromatic heterocycles. The molecule has 30 heavy (non-hydrogen) atoms. The summed E-state index contributed by atoms with van der Waals surface area (Å²) in [6, 6.07) is 3.18. The highest BCUT2D eigenvalue weighted by molar-refractivity contribution is 7.93. The summed E-state index contributed by atoms with van der Waals surface area (Å²) in [5.74, 6) is -3.69. The van der Waals surface area contributed by atoms with Crippen molar-refractivity contribution in [2.24, 2.45) is 0 Å². The minimum absolute atomic E-state index is 0.00264. The first-order chi connectivity index (χ1) is 14.0. The van der Waals surface area contributed by atoms with Gasteiger partial charge in [-0.15, -0.1) is 0 Å². The molecule has 1 heterocycles. The predicted molar refractivity (Wildman–Crippen MR) is 104 cm³/mol. The molecule has 9 nitrogen and oxygen atoms in total. The fraction of sp³-hybridized carbons (Fsp3) is 0.500. The van der Waals surface area contributed by atoms with E-state index in [-0.39, 0.29) is 23.6 Å². The Labute approximate surface area is 177 Å². The third kappa shape index (κ3) is 4.05. The van der Waals surface area contributed by atoms with Gasteiger partial charge in [-0.05, 0) is 30.7 Å². The monoisotopic (exact) mass is 465 g/mol. The summed E-state index contributed by atoms with van der Waals surface area (Å²) in [6.07, 6.45) is -0.879. The van der Waals surface area contributed by atoms with E-state index in [1.54, 1.807) is 0 Å². The predicted octanol–water partition coefficient (Wildman–Crippen LogP) is 0.883. The van der Waals surface area contributed by atoms with Crippen LogP contribution in [0.4, 0.5) is 10.1 Å². The Bertz CT molecular complexity index is 957. The Kier molecular flexibility index (Phi) is 6.42. The van der Waals surface area contributed by atoms with Crippen LogP contribution >= 0.6 is 11.6 Å². The SMILES string of the molecule is CN(c1ccc(F)cc1Cl)S(=O)(=O)C1CCC2(C=C1C(=O)O)OC(CO)C(CO)O2. The van der Waals surface area contributed by atoms with Crippen molar-refractivity contribution in [2.45, 2.75) is 36.1 Å². The van der Waals surface area contributed by atoms with E-state index in [2.05, 4.69) is 0 Å². The normalized spacial score (nSPS) is 29.1. The highest BCUT2D eigenvalue weighted by Gasteiger charge is 2.51. The second-order valence-electron chi connectivity index (χ2n) is 7.03. The van der Waals surface area contributed by atoms with Crippen LogP contribution in [0.15, 0.2) is 29.8 Å². The number of anilines is 1. The zero-order valence-corrected chi connectivity index (χ0v) is 17.4. The van der Waals surface area contributed by atoms with Crippen molar-refractivity contribution < 1.29 is 42.4 Å². The van der Waals surface area contributed by atoms with E-state index in [0.29, 0.717) is 0 Å². The molecule has 2 aliphatic rings. The zero-order chi connectivity index (χ0) is 22.3. The van der Waals surface area contributed by atoms with Crippen molar-refractivity contribution in [1.29, 1.82) is 0 Å². The standard InChI is InChI=1S/C18H21ClFNO8S/c1-21(13-3-2-10(20)6-12(13)19)30(26,27)16-4-5-18(7-11(16)17(24)25)28-14(8-22)15(9-23)29-18/h2-3,6-7,14-16,22-23H,4-5,8-9H2,1H3,(H,24,25). The maximum atomic E-state index is 13.3. The van der Waals surface area contributed by atoms with Gasteiger partial charge in [-0.1, -0.05) is 11.6 Å². The lowest BCUT2D eigenvalue weighted by Crippen LogP contribution is -2.45. The highest BCUT2D eigenvalue weighted by Crippen LogP contribution is 2.42. The number of hydrogen-bond acceptors (Lipinski definition) is 7. The summed E-state index contributed by atoms with van der Waals surface area (Å²) in [5, 5.41) is 26.9. The number of sulfonamides is 1. The van der Waals surface area contributed by atoms with Gasteiger partial charge in [0.2, 0.25) is 10.0 Å². The molecule has 3 N–H and O–H groups in total. The first kappa shape index (κ1) is 22.9. The zero-order valence-electron chi connectivity index (χ0n) is 15.9. The molecular formula is C18H21ClFNO8S. The second-order valence-corrected chi connectivity index (χ2v) is 9.58. The average molecular weight is 466 g/mol. The first-order valence-electron chi connectivity index (χ1n) is 9.01. The van der Waals surface area contributed by atoms with Gasteiger partial charge in [0.05, 0.1) is 29.5 Å². The molecule has 1 fully saturated rings. The molecule has 0 radical (unpaired) electrons. The average Bonchev–Trinajstić information content (AvgIpc) is 3.04. The highest BCUT2D eigenvalue weighted by atomic mass is 35.5. The number of halogens is 2. The number of aliphatic carboxylic acids is 1. The van der Waals surface area contributed by atoms with Crippen LogP contribution in [0.1, 0.15) is 12.8 Å². The van der Waals surface area contributed by atoms with Crippen molar-refractivity contribution in [3.63, 3.8) is 0 Å². The number of carboxylic acid groups (broad SMARTS) is 1. The van der Waals surface area contributed by atoms with Crippen molar-refractivity contribution in [3.05, 3.63) is 40.7 Å². The van der Waals surface area contributed by atoms with Crippen molar-refractivity contribution in [2.75, 3.05) is 24.6 Å². The summed E-state index contributed by atoms with van der Waals surface area (Å²) >= 11 is 5.97. The smallest absolute Gasteiger partial charge is 0.332 e. The van der Waals surface area contributed by atoms with Crippen LogP contribution in [-0.2, 0) is 24.3 Å². The molecule has 0 amide bonds. The quantitative estimate of drug-likeness (QED) is 0.564. The van der Waals surface area contributed by atoms with Gasteiger partial charge in [0.25, 0.3) is 0 Å². The van der Waals surface area contributed by atoms with Gasteiger partial charge in [-0.2, -0.15) is 0 Å². The molecule has 12 heteroatoms. The summed E-state index contributed by atoms with van der Waals surface area (Å²) < 4.78 is 51.8. The molecule has 0 saturated carbocycles. The van der Waals surface area contributed by atoms with Crippen LogP contribution in [0.2, 0.25) is 5.02 Å². The molecule has 3 rings (SSSR count). The summed E-state index contributed by atoms with van der Waals surface area (Å²) in [4.78, 5) is 11.9. The number of nitrogens with zero attached hydrogens (tertiary/aromatic N) is 1. The number of aliphatic hydroxyl groups excluding tert-OH is 2. The van der Waals surface area contributed by atoms with Crippen molar-refractivity contribution >= 4 is 33.3 Å². The lowest BCUT2D eigenvalue weighted by Gasteiger charge is -2.35. The summed E-state index contributed by atoms with van der Waals surface area (Å²) in [6.45, 7) is -0.923. The molecule has 1 saturated heterocycles. The number of aliphatic hydroxyl groups is 2. The number of carbonyl (C=O) groups is 1. The molecular weight excluding hydrogens is 445 g/mol. The minimum atomic E-state index is -4.26. The largest absolute Gasteiger partial charge is 0.478 e. The van der Waals surface area contributed by atoms with E-state index in [0.717, 1.165) is 22.5 Å². The van der Waals surface area contributed by atoms with Gasteiger partial charge in [-0.3, -0.25) is 4.31 Å². The third-order valence-electron chi connectivity index (χ3n) is 5.19. The number of ether oxygens (including phenoxy) is 2. The molecule has 1 aromatic carbocycles. The number of benzene rings is 1. The number of carboxylic acids is 1. The first-order valence-corrected chi connectivity index (χ1v) is 10.9. The molecule has 1 aromatic rings. The lowest BCUT2D eigenvalue weighted by atomic mass is 9.94. The maximum absolute atomic E-state index is 13.3. The summed E-state index contributed by atoms with van der Waals surface area (Å²) in [5.41, 5.74) is -0.473. The van der Waals surface area contributed by atoms with Gasteiger partial charge in [0, 0.05) is 13.5 Å². The second kappa shape index (κ2) is 8.40. The number of hydrogen-bond donors (Lipinski definition) is 3. The van der Waals surface area contributed by atoms with E-state index in [4.69, 9.17) is 21.1 Å². The van der Waals surface area contributed by atoms with Gasteiger partial charge < -0.3 is 24.8 Å². The summed E-state index contributed by atoms with van der Waals surface area (Å²) in [7, 11) is -3.06. The molecule has 0 bridgehead atoms. The van der Waals surface area contributed by atoms with Crippen LogP contribution in [0.3, 0.4) is 0 Å². The molecule has 1 aliphatic heterocycles. The fourth-order valence-electron chi connectivity index (χ4n) is 3.65.